The lowest BCUT2D eigenvalue weighted by Gasteiger charge is -2.27. The zero-order valence-electron chi connectivity index (χ0n) is 34.5. The highest BCUT2D eigenvalue weighted by Crippen LogP contribution is 2.39. The van der Waals surface area contributed by atoms with Gasteiger partial charge in [0.15, 0.2) is 0 Å². The molecular formula is C47H58N4O6S. The van der Waals surface area contributed by atoms with Gasteiger partial charge in [-0.3, -0.25) is 19.3 Å². The predicted molar refractivity (Wildman–Crippen MR) is 233 cm³/mol. The molecule has 0 saturated carbocycles. The van der Waals surface area contributed by atoms with Crippen molar-refractivity contribution in [2.24, 2.45) is 0 Å². The van der Waals surface area contributed by atoms with Crippen LogP contribution in [0.3, 0.4) is 0 Å². The molecular weight excluding hydrogens is 749 g/mol. The molecule has 4 aromatic rings. The standard InChI is InChI=1S/C47H58N4O6S/c1-6-28-51(30-29-50(4)33(3)18-27-42(52)57-7-2)32-36-14-11-15-38(31-36)44(53)49-46-43(40-16-8-9-17-41(40)58-46)45(54)48-39-25-21-35(22-26-39)13-10-12-34-19-23-37(24-20-34)47(55)56-5/h11,14-15,19-26,31H,3,6-10,12-13,16-18,27-30,32H2,1-2,4-5H3,(H,48,54)(H,49,53). The van der Waals surface area contributed by atoms with E-state index in [1.165, 1.54) is 28.9 Å². The summed E-state index contributed by atoms with van der Waals surface area (Å²) >= 11 is 1.52. The summed E-state index contributed by atoms with van der Waals surface area (Å²) in [6.45, 7) is 11.7. The van der Waals surface area contributed by atoms with Crippen LogP contribution < -0.4 is 10.6 Å². The largest absolute Gasteiger partial charge is 0.466 e. The molecule has 0 atom stereocenters. The lowest BCUT2D eigenvalue weighted by molar-refractivity contribution is -0.143. The third kappa shape index (κ3) is 12.6. The number of hydrogen-bond donors (Lipinski definition) is 2. The summed E-state index contributed by atoms with van der Waals surface area (Å²) in [7, 11) is 3.38. The van der Waals surface area contributed by atoms with E-state index < -0.39 is 0 Å². The van der Waals surface area contributed by atoms with Gasteiger partial charge in [0, 0.05) is 48.5 Å². The Bertz CT molecular complexity index is 2020. The number of carbonyl (C=O) groups is 4. The average Bonchev–Trinajstić information content (AvgIpc) is 3.60. The second-order valence-corrected chi connectivity index (χ2v) is 15.9. The Labute approximate surface area is 347 Å². The Morgan fingerprint density at radius 2 is 1.50 bits per heavy atom. The maximum atomic E-state index is 13.9. The van der Waals surface area contributed by atoms with Crippen LogP contribution in [-0.2, 0) is 46.5 Å². The lowest BCUT2D eigenvalue weighted by atomic mass is 9.95. The number of rotatable bonds is 21. The van der Waals surface area contributed by atoms with Gasteiger partial charge < -0.3 is 25.0 Å². The maximum Gasteiger partial charge on any atom is 0.337 e. The summed E-state index contributed by atoms with van der Waals surface area (Å²) in [4.78, 5) is 56.9. The van der Waals surface area contributed by atoms with Crippen LogP contribution >= 0.6 is 11.3 Å². The first-order chi connectivity index (χ1) is 28.1. The van der Waals surface area contributed by atoms with E-state index in [1.807, 2.05) is 67.7 Å². The molecule has 2 N–H and O–H groups in total. The van der Waals surface area contributed by atoms with Gasteiger partial charge in [-0.05, 0) is 130 Å². The lowest BCUT2D eigenvalue weighted by Crippen LogP contribution is -2.33. The van der Waals surface area contributed by atoms with Crippen LogP contribution in [0.4, 0.5) is 10.7 Å². The molecule has 0 radical (unpaired) electrons. The van der Waals surface area contributed by atoms with E-state index in [0.29, 0.717) is 53.4 Å². The molecule has 1 aliphatic rings. The van der Waals surface area contributed by atoms with E-state index in [-0.39, 0.29) is 23.8 Å². The van der Waals surface area contributed by atoms with Gasteiger partial charge in [-0.15, -0.1) is 11.3 Å². The molecule has 0 unspecified atom stereocenters. The van der Waals surface area contributed by atoms with Gasteiger partial charge in [0.25, 0.3) is 11.8 Å². The molecule has 0 bridgehead atoms. The fourth-order valence-corrected chi connectivity index (χ4v) is 8.50. The number of anilines is 2. The molecule has 10 nitrogen and oxygen atoms in total. The molecule has 58 heavy (non-hydrogen) atoms. The normalized spacial score (nSPS) is 12.1. The molecule has 1 aromatic heterocycles. The second kappa shape index (κ2) is 22.0. The van der Waals surface area contributed by atoms with Crippen LogP contribution in [0.25, 0.3) is 0 Å². The number of fused-ring (bicyclic) bond motifs is 1. The first kappa shape index (κ1) is 43.9. The highest BCUT2D eigenvalue weighted by atomic mass is 32.1. The summed E-state index contributed by atoms with van der Waals surface area (Å²) < 4.78 is 9.84. The molecule has 0 spiro atoms. The summed E-state index contributed by atoms with van der Waals surface area (Å²) in [5, 5.41) is 6.83. The number of nitrogens with zero attached hydrogens (tertiary/aromatic N) is 2. The van der Waals surface area contributed by atoms with Crippen molar-refractivity contribution >= 4 is 45.8 Å². The van der Waals surface area contributed by atoms with Crippen LogP contribution in [0.15, 0.2) is 85.1 Å². The van der Waals surface area contributed by atoms with Crippen molar-refractivity contribution in [2.45, 2.75) is 84.6 Å². The number of nitrogens with one attached hydrogen (secondary N) is 2. The third-order valence-electron chi connectivity index (χ3n) is 10.5. The fraction of sp³-hybridized carbons (Fsp3) is 0.404. The Balaban J connectivity index is 1.18. The van der Waals surface area contributed by atoms with Gasteiger partial charge in [0.05, 0.1) is 31.3 Å². The number of hydrogen-bond acceptors (Lipinski definition) is 9. The molecule has 0 saturated heterocycles. The number of carbonyl (C=O) groups excluding carboxylic acids is 4. The predicted octanol–water partition coefficient (Wildman–Crippen LogP) is 9.09. The van der Waals surface area contributed by atoms with Gasteiger partial charge in [0.1, 0.15) is 5.00 Å². The number of aryl methyl sites for hydroxylation is 3. The molecule has 0 fully saturated rings. The first-order valence-corrected chi connectivity index (χ1v) is 21.3. The van der Waals surface area contributed by atoms with Crippen LogP contribution in [0.5, 0.6) is 0 Å². The van der Waals surface area contributed by atoms with Crippen molar-refractivity contribution in [2.75, 3.05) is 51.0 Å². The molecule has 11 heteroatoms. The summed E-state index contributed by atoms with van der Waals surface area (Å²) in [6, 6.07) is 23.2. The molecule has 1 heterocycles. The van der Waals surface area contributed by atoms with E-state index in [2.05, 4.69) is 33.9 Å². The van der Waals surface area contributed by atoms with Crippen LogP contribution in [0.1, 0.15) is 111 Å². The smallest absolute Gasteiger partial charge is 0.337 e. The van der Waals surface area contributed by atoms with E-state index in [0.717, 1.165) is 93.4 Å². The number of esters is 2. The molecule has 308 valence electrons. The Kier molecular flexibility index (Phi) is 16.7. The average molecular weight is 807 g/mol. The number of allylic oxidation sites excluding steroid dienone is 1. The van der Waals surface area contributed by atoms with E-state index >= 15 is 0 Å². The number of likely N-dealkylation sites (N-methyl/N-ethyl adjacent to an activating group) is 1. The zero-order valence-corrected chi connectivity index (χ0v) is 35.3. The zero-order chi connectivity index (χ0) is 41.4. The van der Waals surface area contributed by atoms with Crippen LogP contribution in [0.2, 0.25) is 0 Å². The topological polar surface area (TPSA) is 117 Å². The van der Waals surface area contributed by atoms with E-state index in [4.69, 9.17) is 9.47 Å². The van der Waals surface area contributed by atoms with Gasteiger partial charge in [0.2, 0.25) is 0 Å². The van der Waals surface area contributed by atoms with Crippen molar-refractivity contribution in [3.05, 3.63) is 129 Å². The Morgan fingerprint density at radius 3 is 2.19 bits per heavy atom. The maximum absolute atomic E-state index is 13.9. The fourth-order valence-electron chi connectivity index (χ4n) is 7.21. The highest BCUT2D eigenvalue weighted by Gasteiger charge is 2.27. The van der Waals surface area contributed by atoms with Crippen LogP contribution in [0, 0.1) is 0 Å². The number of methoxy groups -OCH3 is 1. The Morgan fingerprint density at radius 1 is 0.793 bits per heavy atom. The summed E-state index contributed by atoms with van der Waals surface area (Å²) in [5.74, 6) is -0.995. The number of benzene rings is 3. The van der Waals surface area contributed by atoms with Crippen molar-refractivity contribution in [3.8, 4) is 0 Å². The summed E-state index contributed by atoms with van der Waals surface area (Å²) in [6.07, 6.45) is 8.37. The van der Waals surface area contributed by atoms with E-state index in [1.54, 1.807) is 19.1 Å². The molecule has 2 amide bonds. The van der Waals surface area contributed by atoms with Gasteiger partial charge in [-0.2, -0.15) is 0 Å². The minimum Gasteiger partial charge on any atom is -0.466 e. The SMILES string of the molecule is C=C(CCC(=O)OCC)N(C)CCN(CCC)Cc1cccc(C(=O)Nc2sc3c(c2C(=O)Nc2ccc(CCCc4ccc(C(=O)OC)cc4)cc2)CCCC3)c1. The number of thiophene rings is 1. The van der Waals surface area contributed by atoms with Crippen molar-refractivity contribution < 1.29 is 28.7 Å². The Hall–Kier alpha value is -5.26. The van der Waals surface area contributed by atoms with Crippen molar-refractivity contribution in [1.82, 2.24) is 9.80 Å². The highest BCUT2D eigenvalue weighted by molar-refractivity contribution is 7.17. The molecule has 0 aliphatic heterocycles. The van der Waals surface area contributed by atoms with Crippen LogP contribution in [-0.4, -0.2) is 74.0 Å². The minimum absolute atomic E-state index is 0.208. The first-order valence-electron chi connectivity index (χ1n) is 20.5. The monoisotopic (exact) mass is 806 g/mol. The van der Waals surface area contributed by atoms with Gasteiger partial charge >= 0.3 is 11.9 Å². The third-order valence-corrected chi connectivity index (χ3v) is 11.7. The van der Waals surface area contributed by atoms with E-state index in [9.17, 15) is 19.2 Å². The summed E-state index contributed by atoms with van der Waals surface area (Å²) in [5.41, 5.74) is 7.66. The van der Waals surface area contributed by atoms with Gasteiger partial charge in [-0.1, -0.05) is 49.9 Å². The minimum atomic E-state index is -0.337. The molecule has 1 aliphatic carbocycles. The molecule has 3 aromatic carbocycles. The van der Waals surface area contributed by atoms with Crippen molar-refractivity contribution in [3.63, 3.8) is 0 Å². The molecule has 5 rings (SSSR count). The second-order valence-electron chi connectivity index (χ2n) is 14.8. The van der Waals surface area contributed by atoms with Gasteiger partial charge in [-0.25, -0.2) is 4.79 Å². The number of amides is 2. The quantitative estimate of drug-likeness (QED) is 0.0802. The number of ether oxygens (including phenoxy) is 2. The van der Waals surface area contributed by atoms with Crippen molar-refractivity contribution in [1.29, 1.82) is 0 Å².